The number of carbonyl (C=O) groups is 1. The SMILES string of the molecule is CCOC(=O)C1CCC(C#Cc2ccccc2)C=C1C. The summed E-state index contributed by atoms with van der Waals surface area (Å²) in [6, 6.07) is 9.98. The summed E-state index contributed by atoms with van der Waals surface area (Å²) in [6.07, 6.45) is 3.86. The lowest BCUT2D eigenvalue weighted by atomic mass is 9.83. The van der Waals surface area contributed by atoms with Gasteiger partial charge in [-0.05, 0) is 38.8 Å². The first-order chi connectivity index (χ1) is 9.70. The number of hydrogen-bond acceptors (Lipinski definition) is 2. The van der Waals surface area contributed by atoms with Crippen LogP contribution in [0.25, 0.3) is 0 Å². The molecule has 0 bridgehead atoms. The second kappa shape index (κ2) is 6.96. The Kier molecular flexibility index (Phi) is 5.01. The first kappa shape index (κ1) is 14.4. The zero-order valence-corrected chi connectivity index (χ0v) is 12.1. The number of allylic oxidation sites excluding steroid dienone is 1. The molecule has 0 aliphatic heterocycles. The number of ether oxygens (including phenoxy) is 1. The summed E-state index contributed by atoms with van der Waals surface area (Å²) in [7, 11) is 0. The van der Waals surface area contributed by atoms with Gasteiger partial charge in [0.2, 0.25) is 0 Å². The fourth-order valence-electron chi connectivity index (χ4n) is 2.45. The third-order valence-electron chi connectivity index (χ3n) is 3.53. The van der Waals surface area contributed by atoms with Gasteiger partial charge >= 0.3 is 5.97 Å². The van der Waals surface area contributed by atoms with Crippen LogP contribution in [-0.2, 0) is 9.53 Å². The molecule has 0 N–H and O–H groups in total. The second-order valence-electron chi connectivity index (χ2n) is 5.03. The maximum Gasteiger partial charge on any atom is 0.313 e. The summed E-state index contributed by atoms with van der Waals surface area (Å²) >= 11 is 0. The van der Waals surface area contributed by atoms with Gasteiger partial charge in [0.1, 0.15) is 0 Å². The molecule has 1 aromatic rings. The van der Waals surface area contributed by atoms with Crippen molar-refractivity contribution in [3.63, 3.8) is 0 Å². The van der Waals surface area contributed by atoms with Crippen molar-refractivity contribution in [3.8, 4) is 11.8 Å². The molecular weight excluding hydrogens is 248 g/mol. The third kappa shape index (κ3) is 3.74. The fraction of sp³-hybridized carbons (Fsp3) is 0.389. The molecule has 104 valence electrons. The highest BCUT2D eigenvalue weighted by Gasteiger charge is 2.26. The van der Waals surface area contributed by atoms with Crippen molar-refractivity contribution in [2.75, 3.05) is 6.61 Å². The van der Waals surface area contributed by atoms with Crippen molar-refractivity contribution < 1.29 is 9.53 Å². The number of esters is 1. The van der Waals surface area contributed by atoms with Gasteiger partial charge in [-0.15, -0.1) is 0 Å². The topological polar surface area (TPSA) is 26.3 Å². The van der Waals surface area contributed by atoms with E-state index in [1.54, 1.807) is 0 Å². The molecule has 0 aromatic heterocycles. The van der Waals surface area contributed by atoms with Gasteiger partial charge < -0.3 is 4.74 Å². The lowest BCUT2D eigenvalue weighted by Gasteiger charge is -2.23. The third-order valence-corrected chi connectivity index (χ3v) is 3.53. The quantitative estimate of drug-likeness (QED) is 0.465. The molecular formula is C18H20O2. The van der Waals surface area contributed by atoms with Crippen LogP contribution in [-0.4, -0.2) is 12.6 Å². The van der Waals surface area contributed by atoms with E-state index in [-0.39, 0.29) is 17.8 Å². The first-order valence-corrected chi connectivity index (χ1v) is 7.12. The van der Waals surface area contributed by atoms with Gasteiger partial charge in [-0.3, -0.25) is 4.79 Å². The van der Waals surface area contributed by atoms with Crippen molar-refractivity contribution in [2.24, 2.45) is 11.8 Å². The fourth-order valence-corrected chi connectivity index (χ4v) is 2.45. The lowest BCUT2D eigenvalue weighted by molar-refractivity contribution is -0.147. The molecule has 2 nitrogen and oxygen atoms in total. The molecule has 2 heteroatoms. The van der Waals surface area contributed by atoms with E-state index in [1.807, 2.05) is 44.2 Å². The lowest BCUT2D eigenvalue weighted by Crippen LogP contribution is -2.23. The molecule has 1 aliphatic rings. The van der Waals surface area contributed by atoms with Crippen molar-refractivity contribution in [3.05, 3.63) is 47.5 Å². The van der Waals surface area contributed by atoms with Crippen LogP contribution in [0.3, 0.4) is 0 Å². The standard InChI is InChI=1S/C18H20O2/c1-3-20-18(19)17-12-11-16(13-14(17)2)10-9-15-7-5-4-6-8-15/h4-8,13,16-17H,3,11-12H2,1-2H3. The molecule has 1 aliphatic carbocycles. The van der Waals surface area contributed by atoms with Crippen LogP contribution < -0.4 is 0 Å². The van der Waals surface area contributed by atoms with Gasteiger partial charge in [0.25, 0.3) is 0 Å². The van der Waals surface area contributed by atoms with Crippen molar-refractivity contribution >= 4 is 5.97 Å². The zero-order valence-electron chi connectivity index (χ0n) is 12.1. The van der Waals surface area contributed by atoms with E-state index in [4.69, 9.17) is 4.74 Å². The number of rotatable bonds is 2. The smallest absolute Gasteiger partial charge is 0.313 e. The molecule has 20 heavy (non-hydrogen) atoms. The van der Waals surface area contributed by atoms with Crippen LogP contribution in [0.1, 0.15) is 32.3 Å². The second-order valence-corrected chi connectivity index (χ2v) is 5.03. The van der Waals surface area contributed by atoms with E-state index < -0.39 is 0 Å². The Balaban J connectivity index is 2.04. The van der Waals surface area contributed by atoms with Crippen LogP contribution in [0, 0.1) is 23.7 Å². The Labute approximate surface area is 120 Å². The average molecular weight is 268 g/mol. The molecule has 0 radical (unpaired) electrons. The molecule has 0 fully saturated rings. The Morgan fingerprint density at radius 1 is 1.30 bits per heavy atom. The Hall–Kier alpha value is -2.01. The van der Waals surface area contributed by atoms with Gasteiger partial charge in [-0.25, -0.2) is 0 Å². The minimum Gasteiger partial charge on any atom is -0.466 e. The normalized spacial score (nSPS) is 21.4. The summed E-state index contributed by atoms with van der Waals surface area (Å²) in [5.74, 6) is 6.53. The average Bonchev–Trinajstić information content (AvgIpc) is 2.46. The number of hydrogen-bond donors (Lipinski definition) is 0. The summed E-state index contributed by atoms with van der Waals surface area (Å²) in [5.41, 5.74) is 2.12. The van der Waals surface area contributed by atoms with E-state index in [1.165, 1.54) is 0 Å². The van der Waals surface area contributed by atoms with E-state index in [0.717, 1.165) is 24.0 Å². The maximum atomic E-state index is 11.8. The number of benzene rings is 1. The minimum absolute atomic E-state index is 0.0790. The zero-order chi connectivity index (χ0) is 14.4. The Bertz CT molecular complexity index is 546. The van der Waals surface area contributed by atoms with Crippen LogP contribution in [0.15, 0.2) is 42.0 Å². The molecule has 0 saturated heterocycles. The van der Waals surface area contributed by atoms with Gasteiger partial charge in [-0.1, -0.05) is 41.7 Å². The summed E-state index contributed by atoms with van der Waals surface area (Å²) < 4.78 is 5.10. The van der Waals surface area contributed by atoms with Gasteiger partial charge in [-0.2, -0.15) is 0 Å². The minimum atomic E-state index is -0.101. The molecule has 0 saturated carbocycles. The van der Waals surface area contributed by atoms with Gasteiger partial charge in [0, 0.05) is 11.5 Å². The van der Waals surface area contributed by atoms with Gasteiger partial charge in [0.05, 0.1) is 12.5 Å². The molecule has 2 atom stereocenters. The molecule has 2 rings (SSSR count). The largest absolute Gasteiger partial charge is 0.466 e. The molecule has 2 unspecified atom stereocenters. The Morgan fingerprint density at radius 3 is 2.70 bits per heavy atom. The molecule has 0 amide bonds. The molecule has 0 heterocycles. The number of carbonyl (C=O) groups excluding carboxylic acids is 1. The van der Waals surface area contributed by atoms with E-state index in [0.29, 0.717) is 6.61 Å². The van der Waals surface area contributed by atoms with Crippen molar-refractivity contribution in [2.45, 2.75) is 26.7 Å². The van der Waals surface area contributed by atoms with E-state index in [2.05, 4.69) is 17.9 Å². The van der Waals surface area contributed by atoms with Crippen LogP contribution in [0.5, 0.6) is 0 Å². The molecule has 1 aromatic carbocycles. The van der Waals surface area contributed by atoms with Crippen LogP contribution in [0.4, 0.5) is 0 Å². The summed E-state index contributed by atoms with van der Waals surface area (Å²) in [6.45, 7) is 4.28. The first-order valence-electron chi connectivity index (χ1n) is 7.12. The highest BCUT2D eigenvalue weighted by atomic mass is 16.5. The van der Waals surface area contributed by atoms with E-state index >= 15 is 0 Å². The van der Waals surface area contributed by atoms with Crippen molar-refractivity contribution in [1.29, 1.82) is 0 Å². The predicted molar refractivity (Wildman–Crippen MR) is 79.9 cm³/mol. The highest BCUT2D eigenvalue weighted by molar-refractivity contribution is 5.76. The van der Waals surface area contributed by atoms with Crippen LogP contribution >= 0.6 is 0 Å². The maximum absolute atomic E-state index is 11.8. The van der Waals surface area contributed by atoms with Gasteiger partial charge in [0.15, 0.2) is 0 Å². The Morgan fingerprint density at radius 2 is 2.05 bits per heavy atom. The highest BCUT2D eigenvalue weighted by Crippen LogP contribution is 2.28. The predicted octanol–water partition coefficient (Wildman–Crippen LogP) is 3.57. The summed E-state index contributed by atoms with van der Waals surface area (Å²) in [4.78, 5) is 11.8. The summed E-state index contributed by atoms with van der Waals surface area (Å²) in [5, 5.41) is 0. The van der Waals surface area contributed by atoms with Crippen molar-refractivity contribution in [1.82, 2.24) is 0 Å². The van der Waals surface area contributed by atoms with Crippen LogP contribution in [0.2, 0.25) is 0 Å². The monoisotopic (exact) mass is 268 g/mol. The van der Waals surface area contributed by atoms with E-state index in [9.17, 15) is 4.79 Å². The molecule has 0 spiro atoms.